The van der Waals surface area contributed by atoms with Crippen LogP contribution >= 0.6 is 0 Å². The number of carbonyl (C=O) groups is 2. The molecule has 1 amide bonds. The second-order valence-corrected chi connectivity index (χ2v) is 6.44. The van der Waals surface area contributed by atoms with Crippen molar-refractivity contribution in [1.82, 2.24) is 9.62 Å². The van der Waals surface area contributed by atoms with E-state index in [0.29, 0.717) is 13.0 Å². The van der Waals surface area contributed by atoms with Gasteiger partial charge in [-0.15, -0.1) is 0 Å². The zero-order valence-electron chi connectivity index (χ0n) is 11.1. The Bertz CT molecular complexity index is 421. The van der Waals surface area contributed by atoms with Gasteiger partial charge in [-0.3, -0.25) is 9.59 Å². The number of nitrogens with one attached hydrogen (secondary N) is 1. The number of methoxy groups -OCH3 is 1. The van der Waals surface area contributed by atoms with Crippen LogP contribution in [0.4, 0.5) is 0 Å². The predicted molar refractivity (Wildman–Crippen MR) is 68.9 cm³/mol. The van der Waals surface area contributed by atoms with Crippen LogP contribution in [0.3, 0.4) is 0 Å². The van der Waals surface area contributed by atoms with Crippen LogP contribution < -0.4 is 5.32 Å². The molecule has 19 heavy (non-hydrogen) atoms. The third-order valence-corrected chi connectivity index (χ3v) is 4.88. The Kier molecular flexibility index (Phi) is 6.23. The lowest BCUT2D eigenvalue weighted by molar-refractivity contribution is -0.142. The van der Waals surface area contributed by atoms with Crippen LogP contribution in [0.25, 0.3) is 0 Å². The number of ether oxygens (including phenoxy) is 1. The largest absolute Gasteiger partial charge is 0.469 e. The molecule has 0 atom stereocenters. The van der Waals surface area contributed by atoms with Crippen LogP contribution in [-0.2, 0) is 24.3 Å². The molecule has 0 unspecified atom stereocenters. The molecule has 1 aliphatic rings. The smallest absolute Gasteiger partial charge is 0.306 e. The van der Waals surface area contributed by atoms with E-state index < -0.39 is 16.0 Å². The Morgan fingerprint density at radius 1 is 1.26 bits per heavy atom. The standard InChI is InChI=1S/C11H20N2O5S/c1-18-11(15)5-4-10(14)12-6-8-13-7-2-3-9-19(13,16)17/h2-9H2,1H3,(H,12,14). The molecular formula is C11H20N2O5S. The van der Waals surface area contributed by atoms with Crippen molar-refractivity contribution in [2.45, 2.75) is 25.7 Å². The van der Waals surface area contributed by atoms with E-state index in [1.165, 1.54) is 11.4 Å². The quantitative estimate of drug-likeness (QED) is 0.665. The number of carbonyl (C=O) groups excluding carboxylic acids is 2. The Balaban J connectivity index is 2.22. The van der Waals surface area contributed by atoms with Gasteiger partial charge in [-0.1, -0.05) is 0 Å². The summed E-state index contributed by atoms with van der Waals surface area (Å²) in [6, 6.07) is 0. The minimum absolute atomic E-state index is 0.0321. The fourth-order valence-electron chi connectivity index (χ4n) is 1.82. The molecule has 0 aromatic carbocycles. The van der Waals surface area contributed by atoms with Gasteiger partial charge >= 0.3 is 5.97 Å². The number of nitrogens with zero attached hydrogens (tertiary/aromatic N) is 1. The fourth-order valence-corrected chi connectivity index (χ4v) is 3.42. The highest BCUT2D eigenvalue weighted by molar-refractivity contribution is 7.89. The highest BCUT2D eigenvalue weighted by Crippen LogP contribution is 2.12. The van der Waals surface area contributed by atoms with Gasteiger partial charge in [0.25, 0.3) is 0 Å². The predicted octanol–water partition coefficient (Wildman–Crippen LogP) is -0.519. The molecule has 0 bridgehead atoms. The van der Waals surface area contributed by atoms with Gasteiger partial charge in [-0.05, 0) is 12.8 Å². The highest BCUT2D eigenvalue weighted by atomic mass is 32.2. The molecule has 1 aliphatic heterocycles. The topological polar surface area (TPSA) is 92.8 Å². The summed E-state index contributed by atoms with van der Waals surface area (Å²) >= 11 is 0. The van der Waals surface area contributed by atoms with Gasteiger partial charge in [-0.2, -0.15) is 0 Å². The minimum atomic E-state index is -3.14. The first-order valence-corrected chi connectivity index (χ1v) is 7.88. The summed E-state index contributed by atoms with van der Waals surface area (Å²) in [5.41, 5.74) is 0. The first-order valence-electron chi connectivity index (χ1n) is 6.27. The van der Waals surface area contributed by atoms with Crippen molar-refractivity contribution in [2.24, 2.45) is 0 Å². The molecule has 0 aliphatic carbocycles. The van der Waals surface area contributed by atoms with E-state index in [1.54, 1.807) is 0 Å². The first-order chi connectivity index (χ1) is 8.95. The van der Waals surface area contributed by atoms with E-state index in [9.17, 15) is 18.0 Å². The second-order valence-electron chi connectivity index (χ2n) is 4.35. The molecule has 0 spiro atoms. The second kappa shape index (κ2) is 7.44. The molecule has 0 saturated carbocycles. The summed E-state index contributed by atoms with van der Waals surface area (Å²) in [6.45, 7) is 1.06. The number of amides is 1. The third kappa shape index (κ3) is 5.56. The molecule has 110 valence electrons. The van der Waals surface area contributed by atoms with Crippen molar-refractivity contribution in [3.63, 3.8) is 0 Å². The minimum Gasteiger partial charge on any atom is -0.469 e. The summed E-state index contributed by atoms with van der Waals surface area (Å²) in [6.07, 6.45) is 1.64. The molecule has 1 saturated heterocycles. The molecular weight excluding hydrogens is 272 g/mol. The number of rotatable bonds is 6. The Labute approximate surface area is 113 Å². The van der Waals surface area contributed by atoms with Gasteiger partial charge in [-0.25, -0.2) is 12.7 Å². The lowest BCUT2D eigenvalue weighted by Gasteiger charge is -2.26. The zero-order valence-corrected chi connectivity index (χ0v) is 11.9. The van der Waals surface area contributed by atoms with Crippen molar-refractivity contribution >= 4 is 21.9 Å². The van der Waals surface area contributed by atoms with Gasteiger partial charge in [0.1, 0.15) is 0 Å². The normalized spacial score (nSPS) is 18.8. The monoisotopic (exact) mass is 292 g/mol. The average Bonchev–Trinajstić information content (AvgIpc) is 2.37. The summed E-state index contributed by atoms with van der Waals surface area (Å²) in [7, 11) is -1.88. The molecule has 1 fully saturated rings. The molecule has 1 heterocycles. The van der Waals surface area contributed by atoms with Gasteiger partial charge in [0.2, 0.25) is 15.9 Å². The van der Waals surface area contributed by atoms with Crippen molar-refractivity contribution in [3.8, 4) is 0 Å². The maximum atomic E-state index is 11.7. The van der Waals surface area contributed by atoms with Gasteiger partial charge < -0.3 is 10.1 Å². The van der Waals surface area contributed by atoms with Crippen molar-refractivity contribution in [1.29, 1.82) is 0 Å². The average molecular weight is 292 g/mol. The molecule has 0 aromatic heterocycles. The maximum Gasteiger partial charge on any atom is 0.306 e. The van der Waals surface area contributed by atoms with Crippen molar-refractivity contribution in [3.05, 3.63) is 0 Å². The van der Waals surface area contributed by atoms with Crippen molar-refractivity contribution in [2.75, 3.05) is 32.5 Å². The van der Waals surface area contributed by atoms with Crippen LogP contribution in [0.5, 0.6) is 0 Å². The van der Waals surface area contributed by atoms with E-state index in [2.05, 4.69) is 10.1 Å². The Morgan fingerprint density at radius 3 is 2.63 bits per heavy atom. The third-order valence-electron chi connectivity index (χ3n) is 2.92. The number of hydrogen-bond donors (Lipinski definition) is 1. The SMILES string of the molecule is COC(=O)CCC(=O)NCCN1CCCCS1(=O)=O. The van der Waals surface area contributed by atoms with Gasteiger partial charge in [0.05, 0.1) is 19.3 Å². The molecule has 7 nitrogen and oxygen atoms in total. The van der Waals surface area contributed by atoms with Crippen LogP contribution in [0.2, 0.25) is 0 Å². The Hall–Kier alpha value is -1.15. The van der Waals surface area contributed by atoms with Gasteiger partial charge in [0, 0.05) is 26.1 Å². The lowest BCUT2D eigenvalue weighted by Crippen LogP contribution is -2.42. The molecule has 0 aromatic rings. The number of sulfonamides is 1. The summed E-state index contributed by atoms with van der Waals surface area (Å²) in [4.78, 5) is 22.2. The number of hydrogen-bond acceptors (Lipinski definition) is 5. The Morgan fingerprint density at radius 2 is 2.00 bits per heavy atom. The molecule has 8 heteroatoms. The van der Waals surface area contributed by atoms with E-state index in [1.807, 2.05) is 0 Å². The van der Waals surface area contributed by atoms with Gasteiger partial charge in [0.15, 0.2) is 0 Å². The zero-order chi connectivity index (χ0) is 14.3. The van der Waals surface area contributed by atoms with E-state index in [0.717, 1.165) is 6.42 Å². The maximum absolute atomic E-state index is 11.7. The fraction of sp³-hybridized carbons (Fsp3) is 0.818. The molecule has 0 radical (unpaired) electrons. The van der Waals surface area contributed by atoms with Crippen LogP contribution in [0.1, 0.15) is 25.7 Å². The van der Waals surface area contributed by atoms with E-state index in [4.69, 9.17) is 0 Å². The van der Waals surface area contributed by atoms with E-state index >= 15 is 0 Å². The van der Waals surface area contributed by atoms with Crippen LogP contribution in [0, 0.1) is 0 Å². The van der Waals surface area contributed by atoms with Crippen LogP contribution in [0.15, 0.2) is 0 Å². The van der Waals surface area contributed by atoms with E-state index in [-0.39, 0.29) is 37.6 Å². The summed E-state index contributed by atoms with van der Waals surface area (Å²) in [5, 5.41) is 2.59. The summed E-state index contributed by atoms with van der Waals surface area (Å²) < 4.78 is 29.1. The highest BCUT2D eigenvalue weighted by Gasteiger charge is 2.25. The number of esters is 1. The molecule has 1 N–H and O–H groups in total. The van der Waals surface area contributed by atoms with Crippen LogP contribution in [-0.4, -0.2) is 57.1 Å². The molecule has 1 rings (SSSR count). The lowest BCUT2D eigenvalue weighted by atomic mass is 10.3. The van der Waals surface area contributed by atoms with Crippen molar-refractivity contribution < 1.29 is 22.7 Å². The summed E-state index contributed by atoms with van der Waals surface area (Å²) in [5.74, 6) is -0.530. The first kappa shape index (κ1) is 15.9.